The molecule has 0 saturated carbocycles. The zero-order valence-electron chi connectivity index (χ0n) is 9.46. The van der Waals surface area contributed by atoms with Crippen LogP contribution >= 0.6 is 27.3 Å². The smallest absolute Gasteiger partial charge is 0.354 e. The van der Waals surface area contributed by atoms with Gasteiger partial charge in [0.15, 0.2) is 0 Å². The molecule has 0 atom stereocenters. The summed E-state index contributed by atoms with van der Waals surface area (Å²) in [6.45, 7) is 0.429. The number of nitrogens with two attached hydrogens (primary N) is 1. The molecule has 0 aliphatic rings. The van der Waals surface area contributed by atoms with E-state index < -0.39 is 4.92 Å². The number of nitro groups is 1. The predicted octanol–water partition coefficient (Wildman–Crippen LogP) is 2.11. The van der Waals surface area contributed by atoms with Gasteiger partial charge in [-0.05, 0) is 28.1 Å². The number of nitrogen functional groups attached to an aromatic ring is 1. The molecule has 2 rings (SSSR count). The maximum atomic E-state index is 11.0. The monoisotopic (exact) mass is 344 g/mol. The van der Waals surface area contributed by atoms with Crippen molar-refractivity contribution in [2.45, 2.75) is 6.54 Å². The summed E-state index contributed by atoms with van der Waals surface area (Å²) < 4.78 is 0.991. The second-order valence-electron chi connectivity index (χ2n) is 3.38. The standard InChI is InChI=1S/C9H9BrN6O2S/c10-6-2-1-5(19-6)3-12-8-7(16(17)18)9(15-11)14-4-13-8/h1-2,4H,3,11H2,(H2,12,13,14,15). The zero-order chi connectivity index (χ0) is 13.8. The predicted molar refractivity (Wildman–Crippen MR) is 75.8 cm³/mol. The van der Waals surface area contributed by atoms with Gasteiger partial charge in [0.2, 0.25) is 11.6 Å². The lowest BCUT2D eigenvalue weighted by Crippen LogP contribution is -2.13. The number of anilines is 2. The molecule has 0 saturated heterocycles. The van der Waals surface area contributed by atoms with Gasteiger partial charge in [0, 0.05) is 4.88 Å². The largest absolute Gasteiger partial charge is 0.359 e. The summed E-state index contributed by atoms with van der Waals surface area (Å²) in [5, 5.41) is 13.9. The summed E-state index contributed by atoms with van der Waals surface area (Å²) in [7, 11) is 0. The van der Waals surface area contributed by atoms with E-state index in [4.69, 9.17) is 5.84 Å². The SMILES string of the molecule is NNc1ncnc(NCc2ccc(Br)s2)c1[N+](=O)[O-]. The van der Waals surface area contributed by atoms with Crippen molar-refractivity contribution in [2.75, 3.05) is 10.7 Å². The first-order valence-electron chi connectivity index (χ1n) is 5.06. The molecule has 19 heavy (non-hydrogen) atoms. The number of nitrogens with zero attached hydrogens (tertiary/aromatic N) is 3. The lowest BCUT2D eigenvalue weighted by molar-refractivity contribution is -0.383. The van der Waals surface area contributed by atoms with Gasteiger partial charge in [0.05, 0.1) is 15.3 Å². The third-order valence-electron chi connectivity index (χ3n) is 2.20. The minimum Gasteiger partial charge on any atom is -0.359 e. The van der Waals surface area contributed by atoms with Crippen molar-refractivity contribution >= 4 is 44.6 Å². The van der Waals surface area contributed by atoms with Gasteiger partial charge in [-0.25, -0.2) is 15.8 Å². The fourth-order valence-corrected chi connectivity index (χ4v) is 2.83. The van der Waals surface area contributed by atoms with Crippen molar-refractivity contribution in [2.24, 2.45) is 5.84 Å². The molecule has 4 N–H and O–H groups in total. The van der Waals surface area contributed by atoms with Crippen molar-refractivity contribution in [1.29, 1.82) is 0 Å². The third-order valence-corrected chi connectivity index (χ3v) is 3.82. The first kappa shape index (κ1) is 13.6. The number of aromatic nitrogens is 2. The Bertz CT molecular complexity index is 604. The van der Waals surface area contributed by atoms with Crippen LogP contribution in [-0.4, -0.2) is 14.9 Å². The van der Waals surface area contributed by atoms with E-state index in [9.17, 15) is 10.1 Å². The molecular formula is C9H9BrN6O2S. The van der Waals surface area contributed by atoms with Gasteiger partial charge in [0.1, 0.15) is 6.33 Å². The van der Waals surface area contributed by atoms with Crippen LogP contribution in [0, 0.1) is 10.1 Å². The van der Waals surface area contributed by atoms with Crippen LogP contribution in [0.1, 0.15) is 4.88 Å². The van der Waals surface area contributed by atoms with E-state index in [1.54, 1.807) is 0 Å². The van der Waals surface area contributed by atoms with Gasteiger partial charge in [-0.1, -0.05) is 0 Å². The molecule has 100 valence electrons. The van der Waals surface area contributed by atoms with Crippen molar-refractivity contribution in [3.63, 3.8) is 0 Å². The molecule has 8 nitrogen and oxygen atoms in total. The number of nitrogens with one attached hydrogen (secondary N) is 2. The first-order valence-corrected chi connectivity index (χ1v) is 6.67. The Morgan fingerprint density at radius 3 is 2.74 bits per heavy atom. The minimum absolute atomic E-state index is 0.0325. The molecule has 0 amide bonds. The molecule has 10 heteroatoms. The van der Waals surface area contributed by atoms with Crippen LogP contribution in [0.4, 0.5) is 17.3 Å². The summed E-state index contributed by atoms with van der Waals surface area (Å²) in [6, 6.07) is 3.82. The number of thiophene rings is 1. The van der Waals surface area contributed by atoms with E-state index in [1.165, 1.54) is 17.7 Å². The Kier molecular flexibility index (Phi) is 4.24. The minimum atomic E-state index is -0.581. The molecule has 0 fully saturated rings. The van der Waals surface area contributed by atoms with Gasteiger partial charge < -0.3 is 10.7 Å². The number of hydrogen-bond acceptors (Lipinski definition) is 8. The van der Waals surface area contributed by atoms with Crippen LogP contribution in [0.5, 0.6) is 0 Å². The maximum absolute atomic E-state index is 11.0. The second-order valence-corrected chi connectivity index (χ2v) is 5.93. The van der Waals surface area contributed by atoms with Gasteiger partial charge >= 0.3 is 5.69 Å². The maximum Gasteiger partial charge on any atom is 0.354 e. The number of hydrazine groups is 1. The number of hydrogen-bond donors (Lipinski definition) is 3. The third kappa shape index (κ3) is 3.16. The van der Waals surface area contributed by atoms with E-state index in [2.05, 4.69) is 36.6 Å². The lowest BCUT2D eigenvalue weighted by atomic mass is 10.4. The molecule has 0 spiro atoms. The molecular weight excluding hydrogens is 336 g/mol. The molecule has 2 aromatic heterocycles. The van der Waals surface area contributed by atoms with E-state index in [1.807, 2.05) is 12.1 Å². The normalized spacial score (nSPS) is 10.2. The van der Waals surface area contributed by atoms with Gasteiger partial charge in [-0.3, -0.25) is 10.1 Å². The van der Waals surface area contributed by atoms with E-state index in [0.29, 0.717) is 6.54 Å². The van der Waals surface area contributed by atoms with Gasteiger partial charge in [-0.2, -0.15) is 0 Å². The second kappa shape index (κ2) is 5.91. The molecule has 0 bridgehead atoms. The van der Waals surface area contributed by atoms with Crippen LogP contribution in [-0.2, 0) is 6.54 Å². The van der Waals surface area contributed by atoms with E-state index >= 15 is 0 Å². The summed E-state index contributed by atoms with van der Waals surface area (Å²) in [4.78, 5) is 19.0. The highest BCUT2D eigenvalue weighted by molar-refractivity contribution is 9.11. The highest BCUT2D eigenvalue weighted by Gasteiger charge is 2.22. The Balaban J connectivity index is 2.22. The molecule has 2 aromatic rings. The molecule has 0 radical (unpaired) electrons. The topological polar surface area (TPSA) is 119 Å². The fourth-order valence-electron chi connectivity index (χ4n) is 1.40. The summed E-state index contributed by atoms with van der Waals surface area (Å²) >= 11 is 4.88. The average molecular weight is 345 g/mol. The van der Waals surface area contributed by atoms with Crippen LogP contribution < -0.4 is 16.6 Å². The Labute approximate surface area is 120 Å². The highest BCUT2D eigenvalue weighted by Crippen LogP contribution is 2.29. The summed E-state index contributed by atoms with van der Waals surface area (Å²) in [5.41, 5.74) is 1.90. The quantitative estimate of drug-likeness (QED) is 0.431. The Morgan fingerprint density at radius 1 is 1.42 bits per heavy atom. The zero-order valence-corrected chi connectivity index (χ0v) is 11.9. The van der Waals surface area contributed by atoms with Crippen molar-refractivity contribution in [3.05, 3.63) is 37.2 Å². The average Bonchev–Trinajstić information content (AvgIpc) is 2.81. The molecule has 0 aliphatic heterocycles. The number of rotatable bonds is 5. The molecule has 0 aliphatic carbocycles. The fraction of sp³-hybridized carbons (Fsp3) is 0.111. The molecule has 0 unspecified atom stereocenters. The van der Waals surface area contributed by atoms with Gasteiger partial charge in [0.25, 0.3) is 0 Å². The molecule has 2 heterocycles. The van der Waals surface area contributed by atoms with Crippen LogP contribution in [0.25, 0.3) is 0 Å². The van der Waals surface area contributed by atoms with Crippen LogP contribution in [0.3, 0.4) is 0 Å². The van der Waals surface area contributed by atoms with Crippen molar-refractivity contribution in [3.8, 4) is 0 Å². The van der Waals surface area contributed by atoms with Gasteiger partial charge in [-0.15, -0.1) is 11.3 Å². The van der Waals surface area contributed by atoms with E-state index in [0.717, 1.165) is 8.66 Å². The first-order chi connectivity index (χ1) is 9.11. The van der Waals surface area contributed by atoms with Crippen LogP contribution in [0.2, 0.25) is 0 Å². The van der Waals surface area contributed by atoms with Crippen molar-refractivity contribution < 1.29 is 4.92 Å². The van der Waals surface area contributed by atoms with E-state index in [-0.39, 0.29) is 17.3 Å². The van der Waals surface area contributed by atoms with Crippen LogP contribution in [0.15, 0.2) is 22.2 Å². The number of halogens is 1. The van der Waals surface area contributed by atoms with Crippen molar-refractivity contribution in [1.82, 2.24) is 9.97 Å². The highest BCUT2D eigenvalue weighted by atomic mass is 79.9. The Morgan fingerprint density at radius 2 is 2.16 bits per heavy atom. The molecule has 0 aromatic carbocycles. The summed E-state index contributed by atoms with van der Waals surface area (Å²) in [6.07, 6.45) is 1.20. The Hall–Kier alpha value is -1.78. The lowest BCUT2D eigenvalue weighted by Gasteiger charge is -2.06. The summed E-state index contributed by atoms with van der Waals surface area (Å²) in [5.74, 6) is 5.28.